The van der Waals surface area contributed by atoms with Crippen LogP contribution in [0.1, 0.15) is 20.3 Å². The molecule has 0 aliphatic rings. The van der Waals surface area contributed by atoms with Crippen LogP contribution in [0.2, 0.25) is 0 Å². The van der Waals surface area contributed by atoms with Crippen molar-refractivity contribution in [3.63, 3.8) is 0 Å². The third-order valence-electron chi connectivity index (χ3n) is 0.394. The van der Waals surface area contributed by atoms with Crippen LogP contribution in [0.4, 0.5) is 0 Å². The normalized spacial score (nSPS) is 6.25. The van der Waals surface area contributed by atoms with Gasteiger partial charge >= 0.3 is 0 Å². The van der Waals surface area contributed by atoms with Crippen LogP contribution < -0.4 is 11.3 Å². The van der Waals surface area contributed by atoms with Gasteiger partial charge in [0, 0.05) is 6.54 Å². The highest BCUT2D eigenvalue weighted by atomic mass is 15.2. The van der Waals surface area contributed by atoms with Crippen molar-refractivity contribution in [1.29, 1.82) is 0 Å². The van der Waals surface area contributed by atoms with Crippen molar-refractivity contribution >= 4 is 0 Å². The van der Waals surface area contributed by atoms with E-state index in [2.05, 4.69) is 24.7 Å². The zero-order chi connectivity index (χ0) is 6.83. The summed E-state index contributed by atoms with van der Waals surface area (Å²) in [5.74, 6) is 7.14. The van der Waals surface area contributed by atoms with E-state index >= 15 is 0 Å². The Hall–Kier alpha value is -0.520. The van der Waals surface area contributed by atoms with Gasteiger partial charge in [0.2, 0.25) is 0 Å². The zero-order valence-corrected chi connectivity index (χ0v) is 5.57. The minimum Gasteiger partial charge on any atom is -0.271 e. The number of hydrogen-bond acceptors (Lipinski definition) is 2. The molecule has 0 atom stereocenters. The molecular formula is C6H14N2. The van der Waals surface area contributed by atoms with Crippen molar-refractivity contribution in [2.45, 2.75) is 20.3 Å². The Morgan fingerprint density at radius 3 is 2.12 bits per heavy atom. The van der Waals surface area contributed by atoms with E-state index in [9.17, 15) is 0 Å². The van der Waals surface area contributed by atoms with Crippen LogP contribution in [0.3, 0.4) is 0 Å². The lowest BCUT2D eigenvalue weighted by Crippen LogP contribution is -2.21. The maximum absolute atomic E-state index is 4.89. The van der Waals surface area contributed by atoms with Crippen LogP contribution in [-0.4, -0.2) is 6.54 Å². The van der Waals surface area contributed by atoms with Crippen LogP contribution >= 0.6 is 0 Å². The van der Waals surface area contributed by atoms with E-state index in [1.54, 1.807) is 6.92 Å². The quantitative estimate of drug-likeness (QED) is 0.311. The van der Waals surface area contributed by atoms with Crippen molar-refractivity contribution in [3.8, 4) is 12.3 Å². The van der Waals surface area contributed by atoms with Gasteiger partial charge in [0.05, 0.1) is 0 Å². The van der Waals surface area contributed by atoms with E-state index in [1.165, 1.54) is 0 Å². The molecule has 0 radical (unpaired) electrons. The minimum absolute atomic E-state index is 0.917. The van der Waals surface area contributed by atoms with Gasteiger partial charge in [0.1, 0.15) is 0 Å². The molecule has 0 aromatic heterocycles. The van der Waals surface area contributed by atoms with Crippen molar-refractivity contribution in [1.82, 2.24) is 5.43 Å². The Bertz CT molecular complexity index is 52.0. The average Bonchev–Trinajstić information content (AvgIpc) is 1.71. The molecule has 0 unspecified atom stereocenters. The minimum atomic E-state index is 0.917. The van der Waals surface area contributed by atoms with Crippen LogP contribution in [0.15, 0.2) is 0 Å². The molecule has 0 aromatic carbocycles. The molecule has 0 fully saturated rings. The first-order valence-corrected chi connectivity index (χ1v) is 2.64. The fraction of sp³-hybridized carbons (Fsp3) is 0.667. The van der Waals surface area contributed by atoms with Crippen LogP contribution in [0.25, 0.3) is 0 Å². The number of nitrogens with one attached hydrogen (secondary N) is 1. The summed E-state index contributed by atoms with van der Waals surface area (Å²) in [6.07, 6.45) is 5.70. The third kappa shape index (κ3) is 50.2. The van der Waals surface area contributed by atoms with Gasteiger partial charge in [-0.05, 0) is 13.3 Å². The maximum atomic E-state index is 4.89. The van der Waals surface area contributed by atoms with Gasteiger partial charge in [-0.15, -0.1) is 12.3 Å². The first kappa shape index (κ1) is 10.5. The topological polar surface area (TPSA) is 38.0 Å². The summed E-state index contributed by atoms with van der Waals surface area (Å²) in [6.45, 7) is 4.64. The predicted molar refractivity (Wildman–Crippen MR) is 37.0 cm³/mol. The molecule has 0 aliphatic carbocycles. The number of rotatable bonds is 2. The molecule has 0 saturated heterocycles. The second kappa shape index (κ2) is 16.1. The SMILES string of the molecule is C#CC.CCCNN. The highest BCUT2D eigenvalue weighted by molar-refractivity contribution is 4.73. The summed E-state index contributed by atoms with van der Waals surface area (Å²) in [5, 5.41) is 0. The van der Waals surface area contributed by atoms with E-state index in [1.807, 2.05) is 0 Å². The van der Waals surface area contributed by atoms with Gasteiger partial charge in [-0.1, -0.05) is 6.92 Å². The van der Waals surface area contributed by atoms with Gasteiger partial charge in [-0.2, -0.15) is 0 Å². The largest absolute Gasteiger partial charge is 0.271 e. The van der Waals surface area contributed by atoms with E-state index in [0.29, 0.717) is 0 Å². The monoisotopic (exact) mass is 114 g/mol. The Balaban J connectivity index is 0. The maximum Gasteiger partial charge on any atom is 0.00947 e. The molecule has 2 heteroatoms. The van der Waals surface area contributed by atoms with Crippen LogP contribution in [-0.2, 0) is 0 Å². The molecular weight excluding hydrogens is 100 g/mol. The summed E-state index contributed by atoms with van der Waals surface area (Å²) in [4.78, 5) is 0. The lowest BCUT2D eigenvalue weighted by molar-refractivity contribution is 0.714. The smallest absolute Gasteiger partial charge is 0.00947 e. The summed E-state index contributed by atoms with van der Waals surface area (Å²) < 4.78 is 0. The standard InChI is InChI=1S/C3H10N2.C3H4/c1-2-3-5-4;1-3-2/h5H,2-4H2,1H3;1H,2H3. The second-order valence-corrected chi connectivity index (χ2v) is 1.24. The molecule has 0 spiro atoms. The van der Waals surface area contributed by atoms with Crippen molar-refractivity contribution in [2.75, 3.05) is 6.54 Å². The summed E-state index contributed by atoms with van der Waals surface area (Å²) in [5.41, 5.74) is 2.52. The number of terminal acetylenes is 1. The van der Waals surface area contributed by atoms with Crippen LogP contribution in [0, 0.1) is 12.3 Å². The van der Waals surface area contributed by atoms with Gasteiger partial charge in [-0.3, -0.25) is 11.3 Å². The second-order valence-electron chi connectivity index (χ2n) is 1.24. The molecule has 0 aliphatic heterocycles. The third-order valence-corrected chi connectivity index (χ3v) is 0.394. The first-order valence-electron chi connectivity index (χ1n) is 2.64. The molecule has 0 saturated carbocycles. The Kier molecular flexibility index (Phi) is 21.0. The molecule has 3 N–H and O–H groups in total. The fourth-order valence-electron chi connectivity index (χ4n) is 0.144. The predicted octanol–water partition coefficient (Wildman–Crippen LogP) is 0.499. The highest BCUT2D eigenvalue weighted by Gasteiger charge is 1.64. The highest BCUT2D eigenvalue weighted by Crippen LogP contribution is 1.61. The molecule has 0 amide bonds. The first-order chi connectivity index (χ1) is 3.83. The fourth-order valence-corrected chi connectivity index (χ4v) is 0.144. The molecule has 0 bridgehead atoms. The Morgan fingerprint density at radius 1 is 1.75 bits per heavy atom. The lowest BCUT2D eigenvalue weighted by atomic mass is 10.5. The zero-order valence-electron chi connectivity index (χ0n) is 5.57. The van der Waals surface area contributed by atoms with E-state index < -0.39 is 0 Å². The van der Waals surface area contributed by atoms with Gasteiger partial charge in [0.15, 0.2) is 0 Å². The molecule has 0 aromatic rings. The molecule has 8 heavy (non-hydrogen) atoms. The van der Waals surface area contributed by atoms with Gasteiger partial charge in [-0.25, -0.2) is 0 Å². The molecule has 0 heterocycles. The summed E-state index contributed by atoms with van der Waals surface area (Å²) in [6, 6.07) is 0. The molecule has 0 rings (SSSR count). The van der Waals surface area contributed by atoms with E-state index in [4.69, 9.17) is 5.84 Å². The van der Waals surface area contributed by atoms with E-state index in [0.717, 1.165) is 13.0 Å². The Labute approximate surface area is 51.4 Å². The number of hydrazine groups is 1. The summed E-state index contributed by atoms with van der Waals surface area (Å²) >= 11 is 0. The van der Waals surface area contributed by atoms with Gasteiger partial charge in [0.25, 0.3) is 0 Å². The number of nitrogens with two attached hydrogens (primary N) is 1. The lowest BCUT2D eigenvalue weighted by Gasteiger charge is -1.85. The summed E-state index contributed by atoms with van der Waals surface area (Å²) in [7, 11) is 0. The van der Waals surface area contributed by atoms with Crippen molar-refractivity contribution in [2.24, 2.45) is 5.84 Å². The van der Waals surface area contributed by atoms with Crippen LogP contribution in [0.5, 0.6) is 0 Å². The van der Waals surface area contributed by atoms with Gasteiger partial charge < -0.3 is 0 Å². The Morgan fingerprint density at radius 2 is 2.12 bits per heavy atom. The molecule has 2 nitrogen and oxygen atoms in total. The van der Waals surface area contributed by atoms with Crippen molar-refractivity contribution < 1.29 is 0 Å². The number of hydrogen-bond donors (Lipinski definition) is 2. The van der Waals surface area contributed by atoms with E-state index in [-0.39, 0.29) is 0 Å². The molecule has 48 valence electrons. The van der Waals surface area contributed by atoms with Crippen molar-refractivity contribution in [3.05, 3.63) is 0 Å². The average molecular weight is 114 g/mol.